The Labute approximate surface area is 251 Å². The summed E-state index contributed by atoms with van der Waals surface area (Å²) in [6.45, 7) is 18.9. The quantitative estimate of drug-likeness (QED) is 0.227. The molecule has 12 unspecified atom stereocenters. The van der Waals surface area contributed by atoms with E-state index in [-0.39, 0.29) is 29.1 Å². The molecule has 4 aliphatic carbocycles. The monoisotopic (exact) mass is 588 g/mol. The zero-order valence-electron chi connectivity index (χ0n) is 26.7. The van der Waals surface area contributed by atoms with Crippen LogP contribution in [-0.2, 0) is 28.6 Å². The normalized spacial score (nSPS) is 40.5. The average Bonchev–Trinajstić information content (AvgIpc) is 3.20. The Hall–Kier alpha value is -2.19. The third-order valence-electron chi connectivity index (χ3n) is 11.5. The molecular formula is C34H52O8. The molecular weight excluding hydrogens is 536 g/mol. The van der Waals surface area contributed by atoms with Crippen LogP contribution in [0, 0.1) is 46.3 Å². The smallest absolute Gasteiger partial charge is 0.303 e. The average molecular weight is 589 g/mol. The van der Waals surface area contributed by atoms with Crippen molar-refractivity contribution in [1.29, 1.82) is 0 Å². The molecule has 0 spiro atoms. The summed E-state index contributed by atoms with van der Waals surface area (Å²) in [5.74, 6) is -1.41. The van der Waals surface area contributed by atoms with Crippen LogP contribution in [0.2, 0.25) is 0 Å². The van der Waals surface area contributed by atoms with E-state index < -0.39 is 59.8 Å². The van der Waals surface area contributed by atoms with Crippen molar-refractivity contribution >= 4 is 17.9 Å². The predicted octanol–water partition coefficient (Wildman–Crippen LogP) is 5.15. The van der Waals surface area contributed by atoms with Crippen LogP contribution in [0.3, 0.4) is 0 Å². The summed E-state index contributed by atoms with van der Waals surface area (Å²) < 4.78 is 17.4. The van der Waals surface area contributed by atoms with Gasteiger partial charge in [-0.1, -0.05) is 52.3 Å². The second-order valence-electron chi connectivity index (χ2n) is 14.5. The van der Waals surface area contributed by atoms with Gasteiger partial charge in [-0.15, -0.1) is 0 Å². The molecule has 12 atom stereocenters. The van der Waals surface area contributed by atoms with Gasteiger partial charge in [0.25, 0.3) is 0 Å². The maximum Gasteiger partial charge on any atom is 0.303 e. The summed E-state index contributed by atoms with van der Waals surface area (Å²) in [7, 11) is 0. The van der Waals surface area contributed by atoms with Crippen LogP contribution in [0.1, 0.15) is 93.9 Å². The van der Waals surface area contributed by atoms with E-state index in [0.29, 0.717) is 31.6 Å². The third kappa shape index (κ3) is 5.82. The molecule has 4 aliphatic rings. The second kappa shape index (κ2) is 12.1. The number of rotatable bonds is 8. The van der Waals surface area contributed by atoms with Crippen LogP contribution < -0.4 is 0 Å². The van der Waals surface area contributed by atoms with Gasteiger partial charge in [-0.05, 0) is 79.1 Å². The molecule has 236 valence electrons. The van der Waals surface area contributed by atoms with Crippen molar-refractivity contribution < 1.29 is 38.8 Å². The first kappa shape index (κ1) is 32.7. The number of hydrogen-bond acceptors (Lipinski definition) is 8. The zero-order valence-corrected chi connectivity index (χ0v) is 26.7. The Balaban J connectivity index is 1.74. The van der Waals surface area contributed by atoms with E-state index in [0.717, 1.165) is 24.0 Å². The van der Waals surface area contributed by atoms with Gasteiger partial charge in [0, 0.05) is 32.6 Å². The lowest BCUT2D eigenvalue weighted by Crippen LogP contribution is -2.64. The highest BCUT2D eigenvalue weighted by Gasteiger charge is 2.66. The van der Waals surface area contributed by atoms with Gasteiger partial charge in [0.1, 0.15) is 18.3 Å². The van der Waals surface area contributed by atoms with E-state index in [2.05, 4.69) is 41.2 Å². The number of carbonyl (C=O) groups excluding carboxylic acids is 3. The minimum Gasteiger partial charge on any atom is -0.459 e. The highest BCUT2D eigenvalue weighted by Crippen LogP contribution is 2.67. The highest BCUT2D eigenvalue weighted by molar-refractivity contribution is 5.68. The molecule has 4 rings (SSSR count). The number of esters is 3. The van der Waals surface area contributed by atoms with Gasteiger partial charge in [-0.25, -0.2) is 0 Å². The minimum absolute atomic E-state index is 0.0311. The molecule has 8 nitrogen and oxygen atoms in total. The molecule has 2 N–H and O–H groups in total. The Morgan fingerprint density at radius 3 is 2.17 bits per heavy atom. The first-order chi connectivity index (χ1) is 19.5. The lowest BCUT2D eigenvalue weighted by molar-refractivity contribution is -0.210. The molecule has 0 aliphatic heterocycles. The summed E-state index contributed by atoms with van der Waals surface area (Å²) in [5, 5.41) is 23.3. The summed E-state index contributed by atoms with van der Waals surface area (Å²) in [6, 6.07) is 0. The molecule has 0 amide bonds. The molecule has 3 fully saturated rings. The van der Waals surface area contributed by atoms with Crippen molar-refractivity contribution in [1.82, 2.24) is 0 Å². The number of hydrogen-bond donors (Lipinski definition) is 2. The Morgan fingerprint density at radius 1 is 0.976 bits per heavy atom. The van der Waals surface area contributed by atoms with Crippen LogP contribution in [0.15, 0.2) is 23.8 Å². The number of carbonyl (C=O) groups is 3. The van der Waals surface area contributed by atoms with Crippen molar-refractivity contribution in [2.24, 2.45) is 46.3 Å². The van der Waals surface area contributed by atoms with E-state index in [1.54, 1.807) is 0 Å². The number of aliphatic hydroxyl groups excluding tert-OH is 2. The van der Waals surface area contributed by atoms with Crippen LogP contribution in [0.5, 0.6) is 0 Å². The van der Waals surface area contributed by atoms with Crippen molar-refractivity contribution in [3.63, 3.8) is 0 Å². The standard InChI is InChI=1S/C34H52O8/c1-17(2)18(3)14-26(38)19(4)24-10-11-25-23-15-29(41-21(6)36)31-32(42-22(7)37)28(40-20(5)35)12-13-33(31,8)30(23)27(39)16-34(24,25)9/h15,17,19,24-32,38-39H,3,10-14,16H2,1-2,4-9H3. The first-order valence-electron chi connectivity index (χ1n) is 15.8. The van der Waals surface area contributed by atoms with Gasteiger partial charge >= 0.3 is 17.9 Å². The fourth-order valence-electron chi connectivity index (χ4n) is 9.56. The fraction of sp³-hybridized carbons (Fsp3) is 0.794. The summed E-state index contributed by atoms with van der Waals surface area (Å²) in [6.07, 6.45) is 2.78. The maximum absolute atomic E-state index is 12.4. The minimum atomic E-state index is -0.812. The van der Waals surface area contributed by atoms with E-state index in [1.165, 1.54) is 20.8 Å². The van der Waals surface area contributed by atoms with Gasteiger partial charge in [0.2, 0.25) is 0 Å². The molecule has 0 aromatic rings. The molecule has 0 saturated heterocycles. The summed E-state index contributed by atoms with van der Waals surface area (Å²) >= 11 is 0. The lowest BCUT2D eigenvalue weighted by atomic mass is 9.45. The van der Waals surface area contributed by atoms with Gasteiger partial charge in [0.05, 0.1) is 12.2 Å². The van der Waals surface area contributed by atoms with Crippen molar-refractivity contribution in [2.75, 3.05) is 0 Å². The fourth-order valence-corrected chi connectivity index (χ4v) is 9.56. The molecule has 8 heteroatoms. The molecule has 0 aromatic carbocycles. The summed E-state index contributed by atoms with van der Waals surface area (Å²) in [4.78, 5) is 36.7. The molecule has 0 bridgehead atoms. The van der Waals surface area contributed by atoms with Crippen LogP contribution in [0.4, 0.5) is 0 Å². The Bertz CT molecular complexity index is 1110. The van der Waals surface area contributed by atoms with Crippen molar-refractivity contribution in [3.05, 3.63) is 23.8 Å². The molecule has 0 heterocycles. The van der Waals surface area contributed by atoms with Gasteiger partial charge < -0.3 is 24.4 Å². The predicted molar refractivity (Wildman–Crippen MR) is 158 cm³/mol. The Morgan fingerprint density at radius 2 is 1.60 bits per heavy atom. The van der Waals surface area contributed by atoms with Crippen LogP contribution >= 0.6 is 0 Å². The summed E-state index contributed by atoms with van der Waals surface area (Å²) in [5.41, 5.74) is 1.35. The Kier molecular flexibility index (Phi) is 9.40. The van der Waals surface area contributed by atoms with E-state index >= 15 is 0 Å². The first-order valence-corrected chi connectivity index (χ1v) is 15.8. The van der Waals surface area contributed by atoms with Gasteiger partial charge in [-0.3, -0.25) is 14.4 Å². The zero-order chi connectivity index (χ0) is 31.3. The van der Waals surface area contributed by atoms with Crippen molar-refractivity contribution in [2.45, 2.75) is 124 Å². The van der Waals surface area contributed by atoms with E-state index in [4.69, 9.17) is 14.2 Å². The molecule has 0 aromatic heterocycles. The van der Waals surface area contributed by atoms with E-state index in [1.807, 2.05) is 6.08 Å². The number of ether oxygens (including phenoxy) is 3. The topological polar surface area (TPSA) is 119 Å². The van der Waals surface area contributed by atoms with Gasteiger partial charge in [0.15, 0.2) is 0 Å². The molecule has 42 heavy (non-hydrogen) atoms. The van der Waals surface area contributed by atoms with Gasteiger partial charge in [-0.2, -0.15) is 0 Å². The number of fused-ring (bicyclic) bond motifs is 5. The van der Waals surface area contributed by atoms with Crippen molar-refractivity contribution in [3.8, 4) is 0 Å². The second-order valence-corrected chi connectivity index (χ2v) is 14.5. The highest BCUT2D eigenvalue weighted by atomic mass is 16.6. The SMILES string of the molecule is C=C(CC(O)C(C)C1CCC2C3=CC(OC(C)=O)C4C(OC(C)=O)C(OC(C)=O)CCC4(C)C3C(O)CC21C)C(C)C. The number of aliphatic hydroxyl groups is 2. The lowest BCUT2D eigenvalue weighted by Gasteiger charge is -2.61. The maximum atomic E-state index is 12.4. The van der Waals surface area contributed by atoms with E-state index in [9.17, 15) is 24.6 Å². The van der Waals surface area contributed by atoms with Crippen LogP contribution in [0.25, 0.3) is 0 Å². The van der Waals surface area contributed by atoms with Crippen LogP contribution in [-0.4, -0.2) is 58.6 Å². The third-order valence-corrected chi connectivity index (χ3v) is 11.5. The largest absolute Gasteiger partial charge is 0.459 e. The molecule has 0 radical (unpaired) electrons. The molecule has 3 saturated carbocycles.